The number of rotatable bonds is 5. The van der Waals surface area contributed by atoms with Crippen molar-refractivity contribution in [3.8, 4) is 0 Å². The van der Waals surface area contributed by atoms with E-state index in [0.29, 0.717) is 0 Å². The second kappa shape index (κ2) is 6.83. The Bertz CT molecular complexity index is 256. The van der Waals surface area contributed by atoms with Gasteiger partial charge in [-0.3, -0.25) is 0 Å². The van der Waals surface area contributed by atoms with Gasteiger partial charge in [0.1, 0.15) is 0 Å². The van der Waals surface area contributed by atoms with Gasteiger partial charge in [0.05, 0.1) is 0 Å². The predicted octanol–water partition coefficient (Wildman–Crippen LogP) is 4.64. The first-order valence-electron chi connectivity index (χ1n) is 5.06. The Morgan fingerprint density at radius 3 is 2.43 bits per heavy atom. The molecule has 0 heterocycles. The van der Waals surface area contributed by atoms with Gasteiger partial charge in [-0.2, -0.15) is 0 Å². The molecule has 0 aromatic heterocycles. The monoisotopic (exact) mass is 366 g/mol. The summed E-state index contributed by atoms with van der Waals surface area (Å²) in [5, 5.41) is 1.12. The summed E-state index contributed by atoms with van der Waals surface area (Å²) in [6.45, 7) is 2.25. The Morgan fingerprint density at radius 2 is 1.93 bits per heavy atom. The maximum absolute atomic E-state index is 3.59. The van der Waals surface area contributed by atoms with E-state index in [4.69, 9.17) is 0 Å². The van der Waals surface area contributed by atoms with E-state index in [1.807, 2.05) is 0 Å². The molecule has 1 aromatic carbocycles. The first-order chi connectivity index (χ1) is 6.76. The molecule has 0 saturated heterocycles. The molecule has 14 heavy (non-hydrogen) atoms. The largest absolute Gasteiger partial charge is 0.0925 e. The smallest absolute Gasteiger partial charge is 0.0130 e. The third-order valence-corrected chi connectivity index (χ3v) is 3.99. The number of alkyl halides is 1. The van der Waals surface area contributed by atoms with Crippen LogP contribution < -0.4 is 0 Å². The molecule has 0 N–H and O–H groups in total. The van der Waals surface area contributed by atoms with E-state index in [1.165, 1.54) is 28.4 Å². The van der Waals surface area contributed by atoms with Crippen molar-refractivity contribution in [2.24, 2.45) is 5.92 Å². The summed E-state index contributed by atoms with van der Waals surface area (Å²) in [5.74, 6) is 0.792. The summed E-state index contributed by atoms with van der Waals surface area (Å²) < 4.78 is 1.32. The molecule has 0 aliphatic heterocycles. The second-order valence-electron chi connectivity index (χ2n) is 3.64. The van der Waals surface area contributed by atoms with Gasteiger partial charge in [-0.25, -0.2) is 0 Å². The van der Waals surface area contributed by atoms with Crippen LogP contribution in [-0.4, -0.2) is 5.33 Å². The first kappa shape index (κ1) is 12.5. The van der Waals surface area contributed by atoms with Gasteiger partial charge < -0.3 is 0 Å². The topological polar surface area (TPSA) is 0 Å². The van der Waals surface area contributed by atoms with E-state index in [9.17, 15) is 0 Å². The third-order valence-electron chi connectivity index (χ3n) is 2.35. The van der Waals surface area contributed by atoms with Crippen LogP contribution in [0.25, 0.3) is 0 Å². The fraction of sp³-hybridized carbons (Fsp3) is 0.500. The van der Waals surface area contributed by atoms with Gasteiger partial charge in [0.25, 0.3) is 0 Å². The Balaban J connectivity index is 2.53. The molecule has 0 aliphatic carbocycles. The predicted molar refractivity (Wildman–Crippen MR) is 75.1 cm³/mol. The van der Waals surface area contributed by atoms with Gasteiger partial charge in [0.2, 0.25) is 0 Å². The summed E-state index contributed by atoms with van der Waals surface area (Å²) in [7, 11) is 0. The summed E-state index contributed by atoms with van der Waals surface area (Å²) >= 11 is 5.93. The lowest BCUT2D eigenvalue weighted by Gasteiger charge is -2.12. The minimum atomic E-state index is 0.792. The van der Waals surface area contributed by atoms with Crippen molar-refractivity contribution in [3.63, 3.8) is 0 Å². The molecule has 0 saturated carbocycles. The zero-order chi connectivity index (χ0) is 10.4. The maximum Gasteiger partial charge on any atom is 0.0130 e. The van der Waals surface area contributed by atoms with Crippen molar-refractivity contribution in [1.29, 1.82) is 0 Å². The fourth-order valence-corrected chi connectivity index (χ4v) is 2.51. The molecule has 0 aliphatic rings. The molecule has 0 amide bonds. The van der Waals surface area contributed by atoms with Crippen LogP contribution in [0, 0.1) is 9.49 Å². The van der Waals surface area contributed by atoms with Crippen LogP contribution in [0.15, 0.2) is 24.3 Å². The minimum Gasteiger partial charge on any atom is -0.0925 e. The molecular formula is C12H16BrI. The van der Waals surface area contributed by atoms with Crippen LogP contribution in [0.4, 0.5) is 0 Å². The number of halogens is 2. The average Bonchev–Trinajstić information content (AvgIpc) is 2.20. The van der Waals surface area contributed by atoms with Crippen LogP contribution in [0.2, 0.25) is 0 Å². The minimum absolute atomic E-state index is 0.792. The van der Waals surface area contributed by atoms with Gasteiger partial charge in [0, 0.05) is 8.90 Å². The molecule has 0 fully saturated rings. The van der Waals surface area contributed by atoms with Crippen molar-refractivity contribution >= 4 is 38.5 Å². The molecule has 0 nitrogen and oxygen atoms in total. The average molecular weight is 367 g/mol. The maximum atomic E-state index is 3.59. The Hall–Kier alpha value is 0.430. The SMILES string of the molecule is CCCC(CBr)Cc1ccc(I)cc1. The molecule has 78 valence electrons. The highest BCUT2D eigenvalue weighted by Gasteiger charge is 2.06. The van der Waals surface area contributed by atoms with E-state index < -0.39 is 0 Å². The lowest BCUT2D eigenvalue weighted by molar-refractivity contribution is 0.534. The molecule has 1 rings (SSSR count). The zero-order valence-corrected chi connectivity index (χ0v) is 12.2. The van der Waals surface area contributed by atoms with E-state index in [-0.39, 0.29) is 0 Å². The summed E-state index contributed by atoms with van der Waals surface area (Å²) in [4.78, 5) is 0. The highest BCUT2D eigenvalue weighted by atomic mass is 127. The van der Waals surface area contributed by atoms with Crippen molar-refractivity contribution in [2.75, 3.05) is 5.33 Å². The molecular weight excluding hydrogens is 351 g/mol. The van der Waals surface area contributed by atoms with Gasteiger partial charge >= 0.3 is 0 Å². The number of hydrogen-bond acceptors (Lipinski definition) is 0. The van der Waals surface area contributed by atoms with Crippen molar-refractivity contribution in [2.45, 2.75) is 26.2 Å². The summed E-state index contributed by atoms with van der Waals surface area (Å²) in [6.07, 6.45) is 3.80. The molecule has 0 spiro atoms. The fourth-order valence-electron chi connectivity index (χ4n) is 1.60. The molecule has 1 unspecified atom stereocenters. The highest BCUT2D eigenvalue weighted by molar-refractivity contribution is 14.1. The molecule has 1 atom stereocenters. The van der Waals surface area contributed by atoms with E-state index in [2.05, 4.69) is 69.7 Å². The van der Waals surface area contributed by atoms with E-state index in [0.717, 1.165) is 11.2 Å². The molecule has 0 radical (unpaired) electrons. The van der Waals surface area contributed by atoms with Crippen molar-refractivity contribution in [3.05, 3.63) is 33.4 Å². The number of hydrogen-bond donors (Lipinski definition) is 0. The molecule has 1 aromatic rings. The molecule has 0 bridgehead atoms. The van der Waals surface area contributed by atoms with Crippen LogP contribution >= 0.6 is 38.5 Å². The zero-order valence-electron chi connectivity index (χ0n) is 8.47. The van der Waals surface area contributed by atoms with Gasteiger partial charge in [-0.05, 0) is 59.0 Å². The van der Waals surface area contributed by atoms with Crippen LogP contribution in [0.3, 0.4) is 0 Å². The first-order valence-corrected chi connectivity index (χ1v) is 7.26. The lowest BCUT2D eigenvalue weighted by Crippen LogP contribution is -2.05. The van der Waals surface area contributed by atoms with E-state index in [1.54, 1.807) is 0 Å². The Morgan fingerprint density at radius 1 is 1.29 bits per heavy atom. The molecule has 2 heteroatoms. The van der Waals surface area contributed by atoms with Crippen LogP contribution in [-0.2, 0) is 6.42 Å². The normalized spacial score (nSPS) is 12.8. The summed E-state index contributed by atoms with van der Waals surface area (Å²) in [6, 6.07) is 8.86. The standard InChI is InChI=1S/C12H16BrI/c1-2-3-11(9-13)8-10-4-6-12(14)7-5-10/h4-7,11H,2-3,8-9H2,1H3. The number of benzene rings is 1. The van der Waals surface area contributed by atoms with Gasteiger partial charge in [-0.1, -0.05) is 41.4 Å². The van der Waals surface area contributed by atoms with Crippen LogP contribution in [0.5, 0.6) is 0 Å². The highest BCUT2D eigenvalue weighted by Crippen LogP contribution is 2.17. The van der Waals surface area contributed by atoms with Gasteiger partial charge in [-0.15, -0.1) is 0 Å². The van der Waals surface area contributed by atoms with Crippen molar-refractivity contribution in [1.82, 2.24) is 0 Å². The summed E-state index contributed by atoms with van der Waals surface area (Å²) in [5.41, 5.74) is 1.46. The van der Waals surface area contributed by atoms with Crippen LogP contribution in [0.1, 0.15) is 25.3 Å². The third kappa shape index (κ3) is 4.30. The quantitative estimate of drug-likeness (QED) is 0.525. The Kier molecular flexibility index (Phi) is 6.10. The second-order valence-corrected chi connectivity index (χ2v) is 5.53. The Labute approximate surface area is 109 Å². The van der Waals surface area contributed by atoms with E-state index >= 15 is 0 Å². The van der Waals surface area contributed by atoms with Crippen molar-refractivity contribution < 1.29 is 0 Å². The van der Waals surface area contributed by atoms with Gasteiger partial charge in [0.15, 0.2) is 0 Å². The lowest BCUT2D eigenvalue weighted by atomic mass is 9.97.